The highest BCUT2D eigenvalue weighted by Crippen LogP contribution is 2.56. The molecule has 8 nitrogen and oxygen atoms in total. The van der Waals surface area contributed by atoms with Gasteiger partial charge >= 0.3 is 0 Å². The molecule has 3 amide bonds. The molecule has 1 aliphatic heterocycles. The predicted octanol–water partition coefficient (Wildman–Crippen LogP) is 3.95. The fraction of sp³-hybridized carbons (Fsp3) is 0.348. The van der Waals surface area contributed by atoms with Gasteiger partial charge in [0.15, 0.2) is 0 Å². The van der Waals surface area contributed by atoms with E-state index in [1.165, 1.54) is 29.3 Å². The third kappa shape index (κ3) is 3.31. The molecule has 0 unspecified atom stereocenters. The Labute approximate surface area is 192 Å². The van der Waals surface area contributed by atoms with E-state index >= 15 is 0 Å². The molecule has 0 radical (unpaired) electrons. The molecule has 3 fully saturated rings. The van der Waals surface area contributed by atoms with E-state index in [-0.39, 0.29) is 53.3 Å². The number of amides is 3. The number of nitrogens with zero attached hydrogens (tertiary/aromatic N) is 3. The summed E-state index contributed by atoms with van der Waals surface area (Å²) in [7, 11) is 0. The summed E-state index contributed by atoms with van der Waals surface area (Å²) < 4.78 is 0.869. The lowest BCUT2D eigenvalue weighted by atomic mass is 9.81. The van der Waals surface area contributed by atoms with E-state index in [4.69, 9.17) is 0 Å². The number of benzene rings is 2. The van der Waals surface area contributed by atoms with Crippen molar-refractivity contribution in [3.63, 3.8) is 0 Å². The first-order chi connectivity index (χ1) is 15.3. The van der Waals surface area contributed by atoms with Crippen LogP contribution < -0.4 is 0 Å². The second kappa shape index (κ2) is 7.81. The van der Waals surface area contributed by atoms with Crippen LogP contribution in [0.4, 0.5) is 5.69 Å². The molecule has 32 heavy (non-hydrogen) atoms. The van der Waals surface area contributed by atoms with Gasteiger partial charge in [-0.25, -0.2) is 5.01 Å². The summed E-state index contributed by atoms with van der Waals surface area (Å²) in [4.78, 5) is 50.6. The minimum atomic E-state index is -0.545. The molecule has 1 saturated heterocycles. The van der Waals surface area contributed by atoms with Crippen LogP contribution in [0.3, 0.4) is 0 Å². The van der Waals surface area contributed by atoms with Gasteiger partial charge in [0.05, 0.1) is 23.3 Å². The lowest BCUT2D eigenvalue weighted by molar-refractivity contribution is -0.384. The number of nitro benzene ring substituents is 1. The summed E-state index contributed by atoms with van der Waals surface area (Å²) in [6, 6.07) is 12.5. The largest absolute Gasteiger partial charge is 0.273 e. The maximum Gasteiger partial charge on any atom is 0.273 e. The number of hydrogen-bond donors (Lipinski definition) is 0. The zero-order valence-corrected chi connectivity index (χ0v) is 18.6. The Kier molecular flexibility index (Phi) is 5.08. The van der Waals surface area contributed by atoms with Crippen LogP contribution in [0.2, 0.25) is 0 Å². The van der Waals surface area contributed by atoms with Crippen molar-refractivity contribution in [1.82, 2.24) is 10.0 Å². The summed E-state index contributed by atoms with van der Waals surface area (Å²) in [6.45, 7) is 0.0371. The first-order valence-electron chi connectivity index (χ1n) is 10.5. The molecule has 2 aromatic rings. The number of hydrogen-bond acceptors (Lipinski definition) is 5. The monoisotopic (exact) mass is 497 g/mol. The number of nitro groups is 1. The van der Waals surface area contributed by atoms with Crippen molar-refractivity contribution in [1.29, 1.82) is 0 Å². The van der Waals surface area contributed by atoms with E-state index < -0.39 is 10.8 Å². The van der Waals surface area contributed by atoms with Crippen molar-refractivity contribution in [2.45, 2.75) is 25.8 Å². The molecule has 0 spiro atoms. The van der Waals surface area contributed by atoms with E-state index in [1.54, 1.807) is 0 Å². The number of fused-ring (bicyclic) bond motifs is 5. The molecule has 3 aliphatic rings. The van der Waals surface area contributed by atoms with Crippen LogP contribution in [-0.4, -0.2) is 32.7 Å². The Bertz CT molecular complexity index is 1090. The van der Waals surface area contributed by atoms with Crippen molar-refractivity contribution >= 4 is 39.3 Å². The van der Waals surface area contributed by atoms with Crippen molar-refractivity contribution < 1.29 is 19.3 Å². The van der Waals surface area contributed by atoms with E-state index in [0.717, 1.165) is 34.3 Å². The molecule has 1 heterocycles. The molecule has 4 atom stereocenters. The molecule has 164 valence electrons. The van der Waals surface area contributed by atoms with Gasteiger partial charge in [-0.05, 0) is 60.9 Å². The average molecular weight is 498 g/mol. The highest BCUT2D eigenvalue weighted by Gasteiger charge is 2.62. The highest BCUT2D eigenvalue weighted by molar-refractivity contribution is 9.10. The summed E-state index contributed by atoms with van der Waals surface area (Å²) in [6.07, 6.45) is 2.80. The van der Waals surface area contributed by atoms with E-state index in [0.29, 0.717) is 0 Å². The quantitative estimate of drug-likeness (QED) is 0.353. The van der Waals surface area contributed by atoms with Gasteiger partial charge in [-0.3, -0.25) is 24.5 Å². The second-order valence-electron chi connectivity index (χ2n) is 8.67. The van der Waals surface area contributed by atoms with Gasteiger partial charge in [-0.15, -0.1) is 0 Å². The first-order valence-corrected chi connectivity index (χ1v) is 11.3. The number of hydrazine groups is 1. The van der Waals surface area contributed by atoms with Crippen LogP contribution in [-0.2, 0) is 16.1 Å². The Balaban J connectivity index is 1.50. The second-order valence-corrected chi connectivity index (χ2v) is 9.58. The topological polar surface area (TPSA) is 101 Å². The number of carbonyl (C=O) groups is 3. The summed E-state index contributed by atoms with van der Waals surface area (Å²) in [5.41, 5.74) is 0.790. The molecular weight excluding hydrogens is 478 g/mol. The molecule has 0 N–H and O–H groups in total. The van der Waals surface area contributed by atoms with Gasteiger partial charge in [0, 0.05) is 22.2 Å². The molecule has 9 heteroatoms. The SMILES string of the molecule is O=C(c1ccc([N+](=O)[O-])cc1)N(Cc1ccc(Br)cc1)N1C(=O)[C@H]2[C@H]3CC[C@@H](C3)[C@@H]2C1=O. The van der Waals surface area contributed by atoms with Gasteiger partial charge in [0.1, 0.15) is 0 Å². The third-order valence-corrected chi connectivity index (χ3v) is 7.48. The Morgan fingerprint density at radius 1 is 1.00 bits per heavy atom. The zero-order valence-electron chi connectivity index (χ0n) is 17.0. The van der Waals surface area contributed by atoms with Crippen LogP contribution in [0.1, 0.15) is 35.2 Å². The Hall–Kier alpha value is -3.07. The fourth-order valence-corrected chi connectivity index (χ4v) is 5.77. The van der Waals surface area contributed by atoms with E-state index in [2.05, 4.69) is 15.9 Å². The van der Waals surface area contributed by atoms with Crippen LogP contribution in [0.5, 0.6) is 0 Å². The molecule has 2 saturated carbocycles. The number of non-ortho nitro benzene ring substituents is 1. The molecule has 2 bridgehead atoms. The maximum absolute atomic E-state index is 13.5. The number of halogens is 1. The summed E-state index contributed by atoms with van der Waals surface area (Å²) in [5, 5.41) is 13.2. The fourth-order valence-electron chi connectivity index (χ4n) is 5.50. The van der Waals surface area contributed by atoms with Crippen molar-refractivity contribution in [3.8, 4) is 0 Å². The van der Waals surface area contributed by atoms with Gasteiger partial charge in [0.2, 0.25) is 0 Å². The van der Waals surface area contributed by atoms with Gasteiger partial charge < -0.3 is 0 Å². The maximum atomic E-state index is 13.5. The standard InChI is InChI=1S/C23H20BrN3O5/c24-17-7-1-13(2-8-17)12-25(21(28)14-5-9-18(10-6-14)27(31)32)26-22(29)19-15-3-4-16(11-15)20(19)23(26)30/h1-2,5-10,15-16,19-20H,3-4,11-12H2/t15-,16-,19-,20-/m0/s1. The number of imide groups is 1. The van der Waals surface area contributed by atoms with Crippen LogP contribution in [0.25, 0.3) is 0 Å². The number of carbonyl (C=O) groups excluding carboxylic acids is 3. The average Bonchev–Trinajstić information content (AvgIpc) is 3.47. The summed E-state index contributed by atoms with van der Waals surface area (Å²) in [5.74, 6) is -1.45. The van der Waals surface area contributed by atoms with Gasteiger partial charge in [-0.1, -0.05) is 28.1 Å². The summed E-state index contributed by atoms with van der Waals surface area (Å²) >= 11 is 3.38. The van der Waals surface area contributed by atoms with Crippen molar-refractivity contribution in [2.24, 2.45) is 23.7 Å². The van der Waals surface area contributed by atoms with Gasteiger partial charge in [-0.2, -0.15) is 5.01 Å². The molecule has 2 aliphatic carbocycles. The Morgan fingerprint density at radius 2 is 1.56 bits per heavy atom. The minimum Gasteiger partial charge on any atom is -0.272 e. The number of rotatable bonds is 5. The van der Waals surface area contributed by atoms with Crippen molar-refractivity contribution in [2.75, 3.05) is 0 Å². The lowest BCUT2D eigenvalue weighted by Crippen LogP contribution is -2.50. The van der Waals surface area contributed by atoms with Gasteiger partial charge in [0.25, 0.3) is 23.4 Å². The van der Waals surface area contributed by atoms with Crippen molar-refractivity contribution in [3.05, 3.63) is 74.2 Å². The van der Waals surface area contributed by atoms with Crippen LogP contribution >= 0.6 is 15.9 Å². The highest BCUT2D eigenvalue weighted by atomic mass is 79.9. The molecular formula is C23H20BrN3O5. The molecule has 0 aromatic heterocycles. The zero-order chi connectivity index (χ0) is 22.6. The molecule has 5 rings (SSSR count). The third-order valence-electron chi connectivity index (χ3n) is 6.95. The lowest BCUT2D eigenvalue weighted by Gasteiger charge is -2.31. The minimum absolute atomic E-state index is 0.0371. The van der Waals surface area contributed by atoms with E-state index in [1.807, 2.05) is 24.3 Å². The normalized spacial score (nSPS) is 25.8. The van der Waals surface area contributed by atoms with Crippen LogP contribution in [0.15, 0.2) is 53.0 Å². The van der Waals surface area contributed by atoms with Crippen LogP contribution in [0, 0.1) is 33.8 Å². The first kappa shape index (κ1) is 20.8. The predicted molar refractivity (Wildman–Crippen MR) is 117 cm³/mol. The smallest absolute Gasteiger partial charge is 0.272 e. The van der Waals surface area contributed by atoms with E-state index in [9.17, 15) is 24.5 Å². The molecule has 2 aromatic carbocycles. The Morgan fingerprint density at radius 3 is 2.09 bits per heavy atom.